The molecule has 0 radical (unpaired) electrons. The number of imidazole rings is 1. The molecule has 110 valence electrons. The lowest BCUT2D eigenvalue weighted by atomic mass is 10.3. The van der Waals surface area contributed by atoms with Crippen LogP contribution in [0.3, 0.4) is 0 Å². The van der Waals surface area contributed by atoms with Crippen LogP contribution in [0.2, 0.25) is 0 Å². The lowest BCUT2D eigenvalue weighted by Crippen LogP contribution is -2.25. The van der Waals surface area contributed by atoms with E-state index in [9.17, 15) is 4.79 Å². The first-order chi connectivity index (χ1) is 10.1. The van der Waals surface area contributed by atoms with Crippen molar-refractivity contribution in [2.75, 3.05) is 7.11 Å². The van der Waals surface area contributed by atoms with Crippen LogP contribution in [-0.4, -0.2) is 33.3 Å². The molecule has 2 heterocycles. The summed E-state index contributed by atoms with van der Waals surface area (Å²) >= 11 is 0. The first-order valence-corrected chi connectivity index (χ1v) is 6.41. The van der Waals surface area contributed by atoms with Gasteiger partial charge in [0.25, 0.3) is 0 Å². The van der Waals surface area contributed by atoms with E-state index in [1.807, 2.05) is 19.1 Å². The Balaban J connectivity index is 2.25. The number of oxime groups is 1. The van der Waals surface area contributed by atoms with Crippen LogP contribution >= 0.6 is 0 Å². The van der Waals surface area contributed by atoms with Crippen molar-refractivity contribution in [1.82, 2.24) is 14.2 Å². The van der Waals surface area contributed by atoms with Crippen LogP contribution in [0.25, 0.3) is 0 Å². The zero-order valence-electron chi connectivity index (χ0n) is 12.2. The molecule has 0 amide bonds. The van der Waals surface area contributed by atoms with Crippen molar-refractivity contribution in [2.24, 2.45) is 10.3 Å². The second-order valence-corrected chi connectivity index (χ2v) is 4.52. The molecular weight excluding hydrogens is 270 g/mol. The van der Waals surface area contributed by atoms with E-state index in [4.69, 9.17) is 4.84 Å². The molecule has 2 rings (SSSR count). The molecule has 21 heavy (non-hydrogen) atoms. The monoisotopic (exact) mass is 287 g/mol. The topological polar surface area (TPSA) is 73.8 Å². The standard InChI is InChI=1S/C14H17N5O2/c1-11(17-21-3)9-18-12(2)10-19(14(18)20)16-8-13-5-4-6-15-7-13/h4-8,10H,9H2,1-3H3/b16-8+,17-11+. The van der Waals surface area contributed by atoms with E-state index in [2.05, 4.69) is 15.2 Å². The van der Waals surface area contributed by atoms with Crippen LogP contribution in [0.5, 0.6) is 0 Å². The van der Waals surface area contributed by atoms with Gasteiger partial charge in [0.05, 0.1) is 24.7 Å². The van der Waals surface area contributed by atoms with Gasteiger partial charge in [-0.1, -0.05) is 11.2 Å². The van der Waals surface area contributed by atoms with Crippen molar-refractivity contribution >= 4 is 11.9 Å². The van der Waals surface area contributed by atoms with Crippen molar-refractivity contribution in [2.45, 2.75) is 20.4 Å². The van der Waals surface area contributed by atoms with Gasteiger partial charge in [-0.3, -0.25) is 9.55 Å². The third-order valence-corrected chi connectivity index (χ3v) is 2.81. The highest BCUT2D eigenvalue weighted by atomic mass is 16.6. The molecule has 0 bridgehead atoms. The van der Waals surface area contributed by atoms with Crippen molar-refractivity contribution in [1.29, 1.82) is 0 Å². The molecule has 0 unspecified atom stereocenters. The Kier molecular flexibility index (Phi) is 4.65. The highest BCUT2D eigenvalue weighted by Crippen LogP contribution is 1.98. The maximum absolute atomic E-state index is 12.3. The van der Waals surface area contributed by atoms with Crippen molar-refractivity contribution in [3.8, 4) is 0 Å². The van der Waals surface area contributed by atoms with Crippen LogP contribution in [0, 0.1) is 6.92 Å². The quantitative estimate of drug-likeness (QED) is 0.613. The van der Waals surface area contributed by atoms with Crippen molar-refractivity contribution < 1.29 is 4.84 Å². The van der Waals surface area contributed by atoms with Gasteiger partial charge in [-0.25, -0.2) is 4.79 Å². The summed E-state index contributed by atoms with van der Waals surface area (Å²) in [5.74, 6) is 0. The molecular formula is C14H17N5O2. The van der Waals surface area contributed by atoms with Crippen LogP contribution in [-0.2, 0) is 11.4 Å². The molecule has 0 spiro atoms. The number of hydrogen-bond donors (Lipinski definition) is 0. The van der Waals surface area contributed by atoms with E-state index in [1.165, 1.54) is 11.8 Å². The maximum atomic E-state index is 12.3. The summed E-state index contributed by atoms with van der Waals surface area (Å²) in [6.45, 7) is 4.01. The molecule has 0 atom stereocenters. The van der Waals surface area contributed by atoms with Gasteiger partial charge >= 0.3 is 5.69 Å². The Morgan fingerprint density at radius 1 is 1.52 bits per heavy atom. The minimum atomic E-state index is -0.224. The molecule has 2 aromatic heterocycles. The van der Waals surface area contributed by atoms with E-state index in [0.29, 0.717) is 12.3 Å². The molecule has 0 N–H and O–H groups in total. The lowest BCUT2D eigenvalue weighted by Gasteiger charge is -2.02. The number of rotatable bonds is 5. The summed E-state index contributed by atoms with van der Waals surface area (Å²) in [5, 5.41) is 7.96. The minimum absolute atomic E-state index is 0.224. The van der Waals surface area contributed by atoms with Gasteiger partial charge in [-0.05, 0) is 19.9 Å². The van der Waals surface area contributed by atoms with Gasteiger partial charge < -0.3 is 4.84 Å². The van der Waals surface area contributed by atoms with Crippen molar-refractivity contribution in [3.05, 3.63) is 52.5 Å². The molecule has 0 saturated carbocycles. The molecule has 7 nitrogen and oxygen atoms in total. The fourth-order valence-electron chi connectivity index (χ4n) is 1.85. The highest BCUT2D eigenvalue weighted by molar-refractivity contribution is 5.81. The van der Waals surface area contributed by atoms with Gasteiger partial charge in [0.2, 0.25) is 0 Å². The van der Waals surface area contributed by atoms with E-state index in [0.717, 1.165) is 11.3 Å². The van der Waals surface area contributed by atoms with Gasteiger partial charge in [-0.2, -0.15) is 9.78 Å². The summed E-state index contributed by atoms with van der Waals surface area (Å²) in [6.07, 6.45) is 6.62. The van der Waals surface area contributed by atoms with Crippen LogP contribution in [0.4, 0.5) is 0 Å². The SMILES string of the molecule is CO/N=C(\C)Cn1c(C)cn(/N=C/c2cccnc2)c1=O. The number of nitrogens with zero attached hydrogens (tertiary/aromatic N) is 5. The van der Waals surface area contributed by atoms with E-state index in [1.54, 1.807) is 36.3 Å². The third-order valence-electron chi connectivity index (χ3n) is 2.81. The predicted octanol–water partition coefficient (Wildman–Crippen LogP) is 1.26. The number of aryl methyl sites for hydroxylation is 1. The zero-order chi connectivity index (χ0) is 15.2. The highest BCUT2D eigenvalue weighted by Gasteiger charge is 2.08. The summed E-state index contributed by atoms with van der Waals surface area (Å²) < 4.78 is 2.88. The van der Waals surface area contributed by atoms with Crippen LogP contribution in [0.15, 0.2) is 45.8 Å². The van der Waals surface area contributed by atoms with E-state index >= 15 is 0 Å². The van der Waals surface area contributed by atoms with Gasteiger partial charge in [-0.15, -0.1) is 0 Å². The van der Waals surface area contributed by atoms with Gasteiger partial charge in [0.1, 0.15) is 7.11 Å². The fourth-order valence-corrected chi connectivity index (χ4v) is 1.85. The molecule has 0 saturated heterocycles. The molecule has 0 fully saturated rings. The van der Waals surface area contributed by atoms with Crippen LogP contribution < -0.4 is 5.69 Å². The average molecular weight is 287 g/mol. The molecule has 7 heteroatoms. The first-order valence-electron chi connectivity index (χ1n) is 6.41. The second kappa shape index (κ2) is 6.65. The fraction of sp³-hybridized carbons (Fsp3) is 0.286. The Labute approximate surface area is 122 Å². The van der Waals surface area contributed by atoms with Gasteiger partial charge in [0, 0.05) is 23.7 Å². The normalized spacial score (nSPS) is 12.0. The molecule has 0 aliphatic carbocycles. The molecule has 0 aromatic carbocycles. The summed E-state index contributed by atoms with van der Waals surface area (Å²) in [4.78, 5) is 20.9. The first kappa shape index (κ1) is 14.7. The minimum Gasteiger partial charge on any atom is -0.399 e. The maximum Gasteiger partial charge on any atom is 0.349 e. The Bertz CT molecular complexity index is 713. The third kappa shape index (κ3) is 3.65. The molecule has 0 aliphatic heterocycles. The zero-order valence-corrected chi connectivity index (χ0v) is 12.2. The van der Waals surface area contributed by atoms with Crippen molar-refractivity contribution in [3.63, 3.8) is 0 Å². The number of aromatic nitrogens is 3. The van der Waals surface area contributed by atoms with E-state index < -0.39 is 0 Å². The lowest BCUT2D eigenvalue weighted by molar-refractivity contribution is 0.212. The second-order valence-electron chi connectivity index (χ2n) is 4.52. The smallest absolute Gasteiger partial charge is 0.349 e. The Morgan fingerprint density at radius 2 is 2.33 bits per heavy atom. The number of hydrogen-bond acceptors (Lipinski definition) is 5. The summed E-state index contributed by atoms with van der Waals surface area (Å²) in [7, 11) is 1.47. The molecule has 0 aliphatic rings. The summed E-state index contributed by atoms with van der Waals surface area (Å²) in [5.41, 5.74) is 2.11. The number of pyridine rings is 1. The van der Waals surface area contributed by atoms with Gasteiger partial charge in [0.15, 0.2) is 0 Å². The average Bonchev–Trinajstić information content (AvgIpc) is 2.74. The largest absolute Gasteiger partial charge is 0.399 e. The Hall–Kier alpha value is -2.70. The Morgan fingerprint density at radius 3 is 3.00 bits per heavy atom. The molecule has 2 aromatic rings. The van der Waals surface area contributed by atoms with E-state index in [-0.39, 0.29) is 5.69 Å². The summed E-state index contributed by atoms with van der Waals surface area (Å²) in [6, 6.07) is 3.67. The van der Waals surface area contributed by atoms with Crippen LogP contribution in [0.1, 0.15) is 18.2 Å². The predicted molar refractivity (Wildman–Crippen MR) is 80.8 cm³/mol.